The molecule has 1 aromatic carbocycles. The molecule has 3 heteroatoms. The van der Waals surface area contributed by atoms with Gasteiger partial charge in [-0.1, -0.05) is 30.3 Å². The SMILES string of the molecule is O=C(/C=C/[C@@H]1CO1)OCc1ccccc1. The third kappa shape index (κ3) is 3.56. The van der Waals surface area contributed by atoms with E-state index in [-0.39, 0.29) is 12.1 Å². The summed E-state index contributed by atoms with van der Waals surface area (Å²) in [5.74, 6) is -0.325. The quantitative estimate of drug-likeness (QED) is 0.425. The Morgan fingerprint density at radius 3 is 2.87 bits per heavy atom. The minimum atomic E-state index is -0.325. The predicted octanol–water partition coefficient (Wildman–Crippen LogP) is 1.68. The maximum Gasteiger partial charge on any atom is 0.330 e. The zero-order chi connectivity index (χ0) is 10.5. The zero-order valence-electron chi connectivity index (χ0n) is 8.26. The van der Waals surface area contributed by atoms with Gasteiger partial charge in [0.25, 0.3) is 0 Å². The molecule has 1 fully saturated rings. The summed E-state index contributed by atoms with van der Waals surface area (Å²) >= 11 is 0. The van der Waals surface area contributed by atoms with Crippen LogP contribution in [0.25, 0.3) is 0 Å². The minimum absolute atomic E-state index is 0.120. The largest absolute Gasteiger partial charge is 0.458 e. The van der Waals surface area contributed by atoms with Gasteiger partial charge >= 0.3 is 5.97 Å². The van der Waals surface area contributed by atoms with Crippen molar-refractivity contribution in [3.8, 4) is 0 Å². The fraction of sp³-hybridized carbons (Fsp3) is 0.250. The van der Waals surface area contributed by atoms with Crippen molar-refractivity contribution in [2.24, 2.45) is 0 Å². The highest BCUT2D eigenvalue weighted by atomic mass is 16.6. The van der Waals surface area contributed by atoms with Crippen molar-refractivity contribution >= 4 is 5.97 Å². The van der Waals surface area contributed by atoms with Gasteiger partial charge in [-0.05, 0) is 11.6 Å². The lowest BCUT2D eigenvalue weighted by atomic mass is 10.2. The van der Waals surface area contributed by atoms with Gasteiger partial charge in [-0.3, -0.25) is 0 Å². The van der Waals surface area contributed by atoms with Crippen molar-refractivity contribution < 1.29 is 14.3 Å². The maximum absolute atomic E-state index is 11.2. The Hall–Kier alpha value is -1.61. The Morgan fingerprint density at radius 1 is 1.47 bits per heavy atom. The molecular formula is C12H12O3. The van der Waals surface area contributed by atoms with Crippen LogP contribution in [0.1, 0.15) is 5.56 Å². The molecule has 78 valence electrons. The van der Waals surface area contributed by atoms with Crippen LogP contribution >= 0.6 is 0 Å². The van der Waals surface area contributed by atoms with Gasteiger partial charge in [0.05, 0.1) is 12.7 Å². The molecule has 0 N–H and O–H groups in total. The minimum Gasteiger partial charge on any atom is -0.458 e. The number of hydrogen-bond acceptors (Lipinski definition) is 3. The van der Waals surface area contributed by atoms with Crippen LogP contribution in [0, 0.1) is 0 Å². The van der Waals surface area contributed by atoms with Crippen LogP contribution in [0.2, 0.25) is 0 Å². The summed E-state index contributed by atoms with van der Waals surface area (Å²) in [6.45, 7) is 1.03. The average molecular weight is 204 g/mol. The normalized spacial score (nSPS) is 19.1. The van der Waals surface area contributed by atoms with Crippen molar-refractivity contribution in [2.45, 2.75) is 12.7 Å². The van der Waals surface area contributed by atoms with Gasteiger partial charge in [0.15, 0.2) is 0 Å². The first-order valence-electron chi connectivity index (χ1n) is 4.85. The average Bonchev–Trinajstić information content (AvgIpc) is 3.09. The number of benzene rings is 1. The van der Waals surface area contributed by atoms with E-state index in [1.807, 2.05) is 30.3 Å². The molecule has 0 bridgehead atoms. The first-order chi connectivity index (χ1) is 7.34. The fourth-order valence-corrected chi connectivity index (χ4v) is 1.13. The number of carbonyl (C=O) groups is 1. The Labute approximate surface area is 88.3 Å². The lowest BCUT2D eigenvalue weighted by Crippen LogP contribution is -2.01. The molecule has 0 amide bonds. The fourth-order valence-electron chi connectivity index (χ4n) is 1.13. The molecule has 0 unspecified atom stereocenters. The second-order valence-electron chi connectivity index (χ2n) is 3.32. The number of hydrogen-bond donors (Lipinski definition) is 0. The summed E-state index contributed by atoms with van der Waals surface area (Å²) in [6.07, 6.45) is 3.25. The molecule has 1 atom stereocenters. The third-order valence-corrected chi connectivity index (χ3v) is 2.03. The molecule has 0 aliphatic carbocycles. The highest BCUT2D eigenvalue weighted by molar-refractivity contribution is 5.82. The van der Waals surface area contributed by atoms with Crippen LogP contribution in [-0.4, -0.2) is 18.7 Å². The van der Waals surface area contributed by atoms with E-state index in [1.54, 1.807) is 6.08 Å². The van der Waals surface area contributed by atoms with Crippen LogP contribution in [0.15, 0.2) is 42.5 Å². The smallest absolute Gasteiger partial charge is 0.330 e. The second-order valence-corrected chi connectivity index (χ2v) is 3.32. The van der Waals surface area contributed by atoms with E-state index in [9.17, 15) is 4.79 Å². The number of esters is 1. The van der Waals surface area contributed by atoms with E-state index in [1.165, 1.54) is 6.08 Å². The summed E-state index contributed by atoms with van der Waals surface area (Å²) in [5.41, 5.74) is 0.988. The first-order valence-corrected chi connectivity index (χ1v) is 4.85. The topological polar surface area (TPSA) is 38.8 Å². The maximum atomic E-state index is 11.2. The summed E-state index contributed by atoms with van der Waals surface area (Å²) in [7, 11) is 0. The first kappa shape index (κ1) is 9.93. The van der Waals surface area contributed by atoms with Crippen LogP contribution in [0.4, 0.5) is 0 Å². The van der Waals surface area contributed by atoms with Crippen molar-refractivity contribution in [3.05, 3.63) is 48.0 Å². The molecule has 0 spiro atoms. The molecule has 3 nitrogen and oxygen atoms in total. The molecule has 0 saturated carbocycles. The van der Waals surface area contributed by atoms with Gasteiger partial charge in [0.2, 0.25) is 0 Å². The summed E-state index contributed by atoms with van der Waals surface area (Å²) in [6, 6.07) is 9.59. The van der Waals surface area contributed by atoms with Gasteiger partial charge in [-0.2, -0.15) is 0 Å². The molecule has 1 aliphatic heterocycles. The van der Waals surface area contributed by atoms with Crippen LogP contribution < -0.4 is 0 Å². The van der Waals surface area contributed by atoms with E-state index < -0.39 is 0 Å². The van der Waals surface area contributed by atoms with Crippen molar-refractivity contribution in [3.63, 3.8) is 0 Å². The molecule has 1 heterocycles. The Balaban J connectivity index is 1.75. The molecule has 1 aromatic rings. The number of rotatable bonds is 4. The Morgan fingerprint density at radius 2 is 2.20 bits per heavy atom. The van der Waals surface area contributed by atoms with E-state index >= 15 is 0 Å². The second kappa shape index (κ2) is 4.75. The molecular weight excluding hydrogens is 192 g/mol. The van der Waals surface area contributed by atoms with Crippen molar-refractivity contribution in [1.29, 1.82) is 0 Å². The predicted molar refractivity (Wildman–Crippen MR) is 55.1 cm³/mol. The zero-order valence-corrected chi connectivity index (χ0v) is 8.26. The van der Waals surface area contributed by atoms with Gasteiger partial charge in [0, 0.05) is 6.08 Å². The molecule has 1 aliphatic rings. The summed E-state index contributed by atoms with van der Waals surface area (Å²) < 4.78 is 9.95. The number of epoxide rings is 1. The van der Waals surface area contributed by atoms with E-state index in [0.717, 1.165) is 5.56 Å². The lowest BCUT2D eigenvalue weighted by molar-refractivity contribution is -0.139. The van der Waals surface area contributed by atoms with E-state index in [0.29, 0.717) is 13.2 Å². The standard InChI is InChI=1S/C12H12O3/c13-12(7-6-11-9-14-11)15-8-10-4-2-1-3-5-10/h1-7,11H,8-9H2/b7-6+/t11-/m1/s1. The van der Waals surface area contributed by atoms with Crippen LogP contribution in [0.5, 0.6) is 0 Å². The van der Waals surface area contributed by atoms with E-state index in [2.05, 4.69) is 0 Å². The Bertz CT molecular complexity index is 352. The summed E-state index contributed by atoms with van der Waals surface area (Å²) in [5, 5.41) is 0. The van der Waals surface area contributed by atoms with Gasteiger partial charge < -0.3 is 9.47 Å². The van der Waals surface area contributed by atoms with Crippen molar-refractivity contribution in [2.75, 3.05) is 6.61 Å². The molecule has 15 heavy (non-hydrogen) atoms. The number of carbonyl (C=O) groups excluding carboxylic acids is 1. The van der Waals surface area contributed by atoms with Crippen LogP contribution in [-0.2, 0) is 20.9 Å². The lowest BCUT2D eigenvalue weighted by Gasteiger charge is -2.00. The molecule has 0 aromatic heterocycles. The van der Waals surface area contributed by atoms with Crippen LogP contribution in [0.3, 0.4) is 0 Å². The number of ether oxygens (including phenoxy) is 2. The molecule has 2 rings (SSSR count). The highest BCUT2D eigenvalue weighted by Gasteiger charge is 2.18. The van der Waals surface area contributed by atoms with E-state index in [4.69, 9.17) is 9.47 Å². The van der Waals surface area contributed by atoms with Gasteiger partial charge in [-0.25, -0.2) is 4.79 Å². The van der Waals surface area contributed by atoms with Gasteiger partial charge in [-0.15, -0.1) is 0 Å². The molecule has 1 saturated heterocycles. The summed E-state index contributed by atoms with van der Waals surface area (Å²) in [4.78, 5) is 11.2. The third-order valence-electron chi connectivity index (χ3n) is 2.03. The van der Waals surface area contributed by atoms with Gasteiger partial charge in [0.1, 0.15) is 6.61 Å². The van der Waals surface area contributed by atoms with Crippen molar-refractivity contribution in [1.82, 2.24) is 0 Å². The Kier molecular flexibility index (Phi) is 3.15. The monoisotopic (exact) mass is 204 g/mol. The molecule has 0 radical (unpaired) electrons. The highest BCUT2D eigenvalue weighted by Crippen LogP contribution is 2.09.